The van der Waals surface area contributed by atoms with Gasteiger partial charge in [0, 0.05) is 30.2 Å². The molecule has 4 aromatic heterocycles. The van der Waals surface area contributed by atoms with Crippen molar-refractivity contribution < 1.29 is 4.79 Å². The van der Waals surface area contributed by atoms with Gasteiger partial charge in [-0.3, -0.25) is 0 Å². The molecule has 0 radical (unpaired) electrons. The number of rotatable bonds is 4. The zero-order valence-corrected chi connectivity index (χ0v) is 17.9. The number of carbonyl (C=O) groups is 1. The van der Waals surface area contributed by atoms with E-state index in [1.807, 2.05) is 37.3 Å². The minimum Gasteiger partial charge on any atom is -0.384 e. The van der Waals surface area contributed by atoms with Gasteiger partial charge in [-0.2, -0.15) is 9.78 Å². The van der Waals surface area contributed by atoms with Gasteiger partial charge in [0.2, 0.25) is 0 Å². The van der Waals surface area contributed by atoms with Gasteiger partial charge in [-0.15, -0.1) is 5.10 Å². The van der Waals surface area contributed by atoms with Crippen LogP contribution in [0.15, 0.2) is 60.9 Å². The predicted molar refractivity (Wildman–Crippen MR) is 124 cm³/mol. The number of hydrogen-bond acceptors (Lipinski definition) is 8. The zero-order chi connectivity index (χ0) is 22.9. The van der Waals surface area contributed by atoms with Crippen LogP contribution < -0.4 is 16.4 Å². The van der Waals surface area contributed by atoms with E-state index in [-0.39, 0.29) is 6.03 Å². The van der Waals surface area contributed by atoms with Crippen LogP contribution in [0, 0.1) is 13.8 Å². The number of aromatic nitrogens is 7. The van der Waals surface area contributed by atoms with Crippen molar-refractivity contribution in [1.82, 2.24) is 34.3 Å². The largest absolute Gasteiger partial charge is 0.384 e. The predicted octanol–water partition coefficient (Wildman–Crippen LogP) is 3.41. The third kappa shape index (κ3) is 3.94. The molecule has 164 valence electrons. The van der Waals surface area contributed by atoms with Crippen molar-refractivity contribution in [3.05, 3.63) is 72.3 Å². The summed E-state index contributed by atoms with van der Waals surface area (Å²) in [5.74, 6) is 1.76. The second-order valence-corrected chi connectivity index (χ2v) is 7.34. The first-order valence-corrected chi connectivity index (χ1v) is 10.1. The number of nitrogens with one attached hydrogen (secondary N) is 2. The quantitative estimate of drug-likeness (QED) is 0.386. The summed E-state index contributed by atoms with van der Waals surface area (Å²) in [5, 5.41) is 14.7. The maximum absolute atomic E-state index is 12.6. The average molecular weight is 440 g/mol. The average Bonchev–Trinajstić information content (AvgIpc) is 3.39. The Bertz CT molecular complexity index is 1470. The summed E-state index contributed by atoms with van der Waals surface area (Å²) in [6.07, 6.45) is 3.22. The Morgan fingerprint density at radius 2 is 1.88 bits per heavy atom. The van der Waals surface area contributed by atoms with Gasteiger partial charge in [0.05, 0.1) is 5.69 Å². The van der Waals surface area contributed by atoms with Crippen molar-refractivity contribution in [2.75, 3.05) is 16.4 Å². The molecular formula is C22H20N10O. The number of anilines is 4. The molecular weight excluding hydrogens is 420 g/mol. The second kappa shape index (κ2) is 8.04. The van der Waals surface area contributed by atoms with E-state index in [1.54, 1.807) is 42.0 Å². The number of hydrogen-bond donors (Lipinski definition) is 3. The Balaban J connectivity index is 1.47. The highest BCUT2D eigenvalue weighted by Gasteiger charge is 2.19. The number of amides is 1. The molecule has 0 atom stereocenters. The molecule has 0 aliphatic heterocycles. The van der Waals surface area contributed by atoms with Crippen LogP contribution in [0.4, 0.5) is 27.9 Å². The van der Waals surface area contributed by atoms with Crippen LogP contribution in [-0.2, 0) is 0 Å². The van der Waals surface area contributed by atoms with Gasteiger partial charge in [0.15, 0.2) is 17.3 Å². The maximum Gasteiger partial charge on any atom is 0.346 e. The summed E-state index contributed by atoms with van der Waals surface area (Å²) in [6.45, 7) is 3.69. The lowest BCUT2D eigenvalue weighted by Crippen LogP contribution is -2.20. The Kier molecular flexibility index (Phi) is 4.90. The standard InChI is InChI=1S/C22H20N10O/c1-13-6-3-4-7-15(13)27-22(33)31-11-9-18(30-31)28-21-20(16-12-17(23)26-14(2)25-16)32-19(29-21)8-5-10-24-32/h3-12H,1-2H3,(H,27,33)(H,28,30)(H2,23,25,26). The van der Waals surface area contributed by atoms with E-state index in [9.17, 15) is 4.79 Å². The highest BCUT2D eigenvalue weighted by Crippen LogP contribution is 2.29. The first kappa shape index (κ1) is 20.1. The molecule has 1 aromatic carbocycles. The first-order chi connectivity index (χ1) is 16.0. The number of carbonyl (C=O) groups excluding carboxylic acids is 1. The molecule has 0 saturated carbocycles. The fraction of sp³-hybridized carbons (Fsp3) is 0.0909. The first-order valence-electron chi connectivity index (χ1n) is 10.1. The third-order valence-corrected chi connectivity index (χ3v) is 4.92. The van der Waals surface area contributed by atoms with E-state index in [0.717, 1.165) is 11.3 Å². The number of nitrogens with two attached hydrogens (primary N) is 1. The Morgan fingerprint density at radius 3 is 2.70 bits per heavy atom. The molecule has 0 unspecified atom stereocenters. The van der Waals surface area contributed by atoms with Crippen LogP contribution in [-0.4, -0.2) is 40.4 Å². The highest BCUT2D eigenvalue weighted by molar-refractivity contribution is 5.91. The maximum atomic E-state index is 12.6. The van der Waals surface area contributed by atoms with Gasteiger partial charge in [-0.1, -0.05) is 18.2 Å². The van der Waals surface area contributed by atoms with E-state index < -0.39 is 0 Å². The molecule has 5 aromatic rings. The molecule has 0 bridgehead atoms. The third-order valence-electron chi connectivity index (χ3n) is 4.92. The Hall–Kier alpha value is -4.80. The van der Waals surface area contributed by atoms with Crippen LogP contribution in [0.3, 0.4) is 0 Å². The molecule has 11 nitrogen and oxygen atoms in total. The minimum absolute atomic E-state index is 0.339. The number of para-hydroxylation sites is 1. The Labute approximate surface area is 188 Å². The smallest absolute Gasteiger partial charge is 0.346 e. The number of nitrogen functional groups attached to an aromatic ring is 1. The van der Waals surface area contributed by atoms with Crippen LogP contribution in [0.2, 0.25) is 0 Å². The van der Waals surface area contributed by atoms with Gasteiger partial charge in [0.25, 0.3) is 0 Å². The van der Waals surface area contributed by atoms with E-state index >= 15 is 0 Å². The van der Waals surface area contributed by atoms with Gasteiger partial charge < -0.3 is 16.4 Å². The second-order valence-electron chi connectivity index (χ2n) is 7.34. The summed E-state index contributed by atoms with van der Waals surface area (Å²) in [5.41, 5.74) is 9.39. The summed E-state index contributed by atoms with van der Waals surface area (Å²) < 4.78 is 2.88. The van der Waals surface area contributed by atoms with E-state index in [2.05, 4.69) is 35.8 Å². The highest BCUT2D eigenvalue weighted by atomic mass is 16.2. The van der Waals surface area contributed by atoms with Crippen LogP contribution in [0.25, 0.3) is 17.0 Å². The van der Waals surface area contributed by atoms with Crippen molar-refractivity contribution >= 4 is 34.8 Å². The van der Waals surface area contributed by atoms with Crippen molar-refractivity contribution in [3.63, 3.8) is 0 Å². The van der Waals surface area contributed by atoms with Gasteiger partial charge in [-0.05, 0) is 37.6 Å². The fourth-order valence-electron chi connectivity index (χ4n) is 3.43. The Morgan fingerprint density at radius 1 is 1.03 bits per heavy atom. The van der Waals surface area contributed by atoms with Crippen molar-refractivity contribution in [2.45, 2.75) is 13.8 Å². The van der Waals surface area contributed by atoms with E-state index in [0.29, 0.717) is 40.3 Å². The van der Waals surface area contributed by atoms with Gasteiger partial charge >= 0.3 is 6.03 Å². The topological polar surface area (TPSA) is 141 Å². The number of benzene rings is 1. The molecule has 1 amide bonds. The summed E-state index contributed by atoms with van der Waals surface area (Å²) >= 11 is 0. The summed E-state index contributed by atoms with van der Waals surface area (Å²) in [6, 6.07) is 14.1. The normalized spacial score (nSPS) is 11.0. The monoisotopic (exact) mass is 440 g/mol. The summed E-state index contributed by atoms with van der Waals surface area (Å²) in [4.78, 5) is 25.9. The molecule has 0 fully saturated rings. The molecule has 5 rings (SSSR count). The van der Waals surface area contributed by atoms with Crippen molar-refractivity contribution in [2.24, 2.45) is 0 Å². The van der Waals surface area contributed by atoms with Gasteiger partial charge in [0.1, 0.15) is 17.3 Å². The molecule has 11 heteroatoms. The van der Waals surface area contributed by atoms with Crippen LogP contribution in [0.1, 0.15) is 11.4 Å². The number of aryl methyl sites for hydroxylation is 2. The SMILES string of the molecule is Cc1nc(N)cc(-c2c(Nc3ccn(C(=O)Nc4ccccc4C)n3)nc3cccnn23)n1. The lowest BCUT2D eigenvalue weighted by atomic mass is 10.2. The van der Waals surface area contributed by atoms with Crippen molar-refractivity contribution in [1.29, 1.82) is 0 Å². The van der Waals surface area contributed by atoms with E-state index in [4.69, 9.17) is 5.73 Å². The van der Waals surface area contributed by atoms with Crippen LogP contribution >= 0.6 is 0 Å². The molecule has 0 spiro atoms. The molecule has 0 saturated heterocycles. The lowest BCUT2D eigenvalue weighted by Gasteiger charge is -2.08. The number of nitrogens with zero attached hydrogens (tertiary/aromatic N) is 7. The minimum atomic E-state index is -0.381. The molecule has 0 aliphatic rings. The molecule has 4 N–H and O–H groups in total. The van der Waals surface area contributed by atoms with Gasteiger partial charge in [-0.25, -0.2) is 24.3 Å². The molecule has 4 heterocycles. The van der Waals surface area contributed by atoms with E-state index in [1.165, 1.54) is 4.68 Å². The zero-order valence-electron chi connectivity index (χ0n) is 17.9. The number of fused-ring (bicyclic) bond motifs is 1. The fourth-order valence-corrected chi connectivity index (χ4v) is 3.43. The summed E-state index contributed by atoms with van der Waals surface area (Å²) in [7, 11) is 0. The lowest BCUT2D eigenvalue weighted by molar-refractivity contribution is 0.251. The number of imidazole rings is 1. The van der Waals surface area contributed by atoms with Crippen molar-refractivity contribution in [3.8, 4) is 11.4 Å². The molecule has 33 heavy (non-hydrogen) atoms. The molecule has 0 aliphatic carbocycles. The van der Waals surface area contributed by atoms with Crippen LogP contribution in [0.5, 0.6) is 0 Å².